The Bertz CT molecular complexity index is 382. The first-order valence-corrected chi connectivity index (χ1v) is 6.95. The molecule has 0 aromatic carbocycles. The van der Waals surface area contributed by atoms with Crippen molar-refractivity contribution in [2.24, 2.45) is 5.92 Å². The maximum absolute atomic E-state index is 11.6. The van der Waals surface area contributed by atoms with E-state index in [1.54, 1.807) is 18.4 Å². The molecule has 2 rings (SSSR count). The van der Waals surface area contributed by atoms with Crippen molar-refractivity contribution >= 4 is 38.3 Å². The Hall–Kier alpha value is -0.620. The Morgan fingerprint density at radius 1 is 1.75 bits per heavy atom. The van der Waals surface area contributed by atoms with E-state index in [-0.39, 0.29) is 11.8 Å². The van der Waals surface area contributed by atoms with Gasteiger partial charge in [-0.3, -0.25) is 4.79 Å². The fourth-order valence-electron chi connectivity index (χ4n) is 1.96. The van der Waals surface area contributed by atoms with Crippen LogP contribution in [-0.4, -0.2) is 31.0 Å². The average molecular weight is 304 g/mol. The predicted molar refractivity (Wildman–Crippen MR) is 68.8 cm³/mol. The van der Waals surface area contributed by atoms with Crippen molar-refractivity contribution in [3.63, 3.8) is 0 Å². The number of amides is 1. The van der Waals surface area contributed by atoms with Gasteiger partial charge in [-0.1, -0.05) is 0 Å². The summed E-state index contributed by atoms with van der Waals surface area (Å²) in [5.74, 6) is 0.238. The van der Waals surface area contributed by atoms with E-state index in [4.69, 9.17) is 0 Å². The summed E-state index contributed by atoms with van der Waals surface area (Å²) in [5.41, 5.74) is 0. The first-order valence-electron chi connectivity index (χ1n) is 5.28. The second-order valence-corrected chi connectivity index (χ2v) is 5.50. The molecule has 1 aromatic heterocycles. The lowest BCUT2D eigenvalue weighted by Crippen LogP contribution is -2.42. The third-order valence-corrected chi connectivity index (χ3v) is 4.38. The molecule has 1 amide bonds. The summed E-state index contributed by atoms with van der Waals surface area (Å²) in [4.78, 5) is 18.2. The van der Waals surface area contributed by atoms with Crippen LogP contribution in [0.15, 0.2) is 9.98 Å². The van der Waals surface area contributed by atoms with Crippen LogP contribution in [0.4, 0.5) is 5.13 Å². The first-order chi connectivity index (χ1) is 7.70. The molecule has 0 bridgehead atoms. The van der Waals surface area contributed by atoms with Crippen molar-refractivity contribution in [3.8, 4) is 0 Å². The quantitative estimate of drug-likeness (QED) is 0.907. The Labute approximate surface area is 107 Å². The summed E-state index contributed by atoms with van der Waals surface area (Å²) in [7, 11) is 1.70. The molecule has 1 saturated heterocycles. The van der Waals surface area contributed by atoms with Crippen LogP contribution in [0.2, 0.25) is 0 Å². The molecular weight excluding hydrogens is 290 g/mol. The van der Waals surface area contributed by atoms with Crippen LogP contribution in [0.25, 0.3) is 0 Å². The summed E-state index contributed by atoms with van der Waals surface area (Å²) >= 11 is 4.96. The lowest BCUT2D eigenvalue weighted by molar-refractivity contribution is -0.124. The number of aromatic nitrogens is 1. The van der Waals surface area contributed by atoms with Crippen molar-refractivity contribution in [2.75, 3.05) is 25.0 Å². The monoisotopic (exact) mass is 303 g/mol. The van der Waals surface area contributed by atoms with Gasteiger partial charge in [0.25, 0.3) is 0 Å². The topological polar surface area (TPSA) is 45.2 Å². The van der Waals surface area contributed by atoms with Crippen molar-refractivity contribution in [1.29, 1.82) is 0 Å². The van der Waals surface area contributed by atoms with Crippen LogP contribution in [0.5, 0.6) is 0 Å². The fraction of sp³-hybridized carbons (Fsp3) is 0.600. The van der Waals surface area contributed by atoms with E-state index in [1.807, 2.05) is 5.38 Å². The maximum atomic E-state index is 11.6. The van der Waals surface area contributed by atoms with Crippen LogP contribution >= 0.6 is 27.3 Å². The van der Waals surface area contributed by atoms with Gasteiger partial charge in [0.2, 0.25) is 5.91 Å². The highest BCUT2D eigenvalue weighted by Crippen LogP contribution is 2.27. The molecular formula is C10H14BrN3OS. The standard InChI is InChI=1S/C10H14BrN3OS/c1-12-9(15)7-3-2-4-14(5-7)10-13-8(11)6-16-10/h6-7H,2-5H2,1H3,(H,12,15). The second kappa shape index (κ2) is 5.14. The van der Waals surface area contributed by atoms with Crippen molar-refractivity contribution in [1.82, 2.24) is 10.3 Å². The second-order valence-electron chi connectivity index (χ2n) is 3.85. The minimum atomic E-state index is 0.0985. The third-order valence-electron chi connectivity index (χ3n) is 2.77. The van der Waals surface area contributed by atoms with Crippen LogP contribution < -0.4 is 10.2 Å². The van der Waals surface area contributed by atoms with Gasteiger partial charge in [0, 0.05) is 25.5 Å². The number of rotatable bonds is 2. The van der Waals surface area contributed by atoms with Gasteiger partial charge >= 0.3 is 0 Å². The van der Waals surface area contributed by atoms with Crippen LogP contribution in [0.3, 0.4) is 0 Å². The molecule has 0 radical (unpaired) electrons. The number of hydrogen-bond donors (Lipinski definition) is 1. The molecule has 1 aliphatic rings. The van der Waals surface area contributed by atoms with Gasteiger partial charge in [0.05, 0.1) is 5.92 Å². The van der Waals surface area contributed by atoms with Gasteiger partial charge in [0.1, 0.15) is 4.60 Å². The van der Waals surface area contributed by atoms with Gasteiger partial charge in [-0.2, -0.15) is 0 Å². The number of carbonyl (C=O) groups is 1. The highest BCUT2D eigenvalue weighted by molar-refractivity contribution is 9.10. The summed E-state index contributed by atoms with van der Waals surface area (Å²) in [6, 6.07) is 0. The smallest absolute Gasteiger partial charge is 0.224 e. The highest BCUT2D eigenvalue weighted by Gasteiger charge is 2.26. The highest BCUT2D eigenvalue weighted by atomic mass is 79.9. The third kappa shape index (κ3) is 2.55. The maximum Gasteiger partial charge on any atom is 0.224 e. The molecule has 2 heterocycles. The van der Waals surface area contributed by atoms with E-state index in [0.717, 1.165) is 35.7 Å². The van der Waals surface area contributed by atoms with Crippen molar-refractivity contribution < 1.29 is 4.79 Å². The molecule has 1 aromatic rings. The molecule has 1 N–H and O–H groups in total. The number of nitrogens with one attached hydrogen (secondary N) is 1. The Morgan fingerprint density at radius 3 is 3.19 bits per heavy atom. The van der Waals surface area contributed by atoms with Crippen LogP contribution in [0.1, 0.15) is 12.8 Å². The number of anilines is 1. The number of halogens is 1. The van der Waals surface area contributed by atoms with E-state index >= 15 is 0 Å². The van der Waals surface area contributed by atoms with Gasteiger partial charge in [-0.25, -0.2) is 4.98 Å². The zero-order valence-electron chi connectivity index (χ0n) is 9.07. The van der Waals surface area contributed by atoms with Crippen LogP contribution in [0, 0.1) is 5.92 Å². The number of nitrogens with zero attached hydrogens (tertiary/aromatic N) is 2. The van der Waals surface area contributed by atoms with Gasteiger partial charge in [-0.15, -0.1) is 11.3 Å². The Kier molecular flexibility index (Phi) is 3.81. The van der Waals surface area contributed by atoms with E-state index in [9.17, 15) is 4.79 Å². The SMILES string of the molecule is CNC(=O)C1CCCN(c2nc(Br)cs2)C1. The van der Waals surface area contributed by atoms with Gasteiger partial charge < -0.3 is 10.2 Å². The molecule has 1 atom stereocenters. The van der Waals surface area contributed by atoms with E-state index in [2.05, 4.69) is 31.1 Å². The average Bonchev–Trinajstić information content (AvgIpc) is 2.75. The summed E-state index contributed by atoms with van der Waals surface area (Å²) in [6.07, 6.45) is 2.03. The van der Waals surface area contributed by atoms with E-state index in [0.29, 0.717) is 0 Å². The lowest BCUT2D eigenvalue weighted by Gasteiger charge is -2.31. The molecule has 1 aliphatic heterocycles. The minimum absolute atomic E-state index is 0.0985. The number of hydrogen-bond acceptors (Lipinski definition) is 4. The first kappa shape index (κ1) is 11.9. The zero-order chi connectivity index (χ0) is 11.5. The fourth-order valence-corrected chi connectivity index (χ4v) is 3.25. The molecule has 16 heavy (non-hydrogen) atoms. The molecule has 0 aliphatic carbocycles. The molecule has 4 nitrogen and oxygen atoms in total. The molecule has 6 heteroatoms. The van der Waals surface area contributed by atoms with Crippen molar-refractivity contribution in [3.05, 3.63) is 9.98 Å². The predicted octanol–water partition coefficient (Wildman–Crippen LogP) is 1.87. The molecule has 1 fully saturated rings. The van der Waals surface area contributed by atoms with E-state index in [1.165, 1.54) is 0 Å². The van der Waals surface area contributed by atoms with Gasteiger partial charge in [-0.05, 0) is 28.8 Å². The molecule has 0 spiro atoms. The largest absolute Gasteiger partial charge is 0.359 e. The summed E-state index contributed by atoms with van der Waals surface area (Å²) in [6.45, 7) is 1.77. The van der Waals surface area contributed by atoms with Crippen molar-refractivity contribution in [2.45, 2.75) is 12.8 Å². The van der Waals surface area contributed by atoms with Gasteiger partial charge in [0.15, 0.2) is 5.13 Å². The summed E-state index contributed by atoms with van der Waals surface area (Å²) < 4.78 is 0.870. The Balaban J connectivity index is 2.04. The zero-order valence-corrected chi connectivity index (χ0v) is 11.5. The minimum Gasteiger partial charge on any atom is -0.359 e. The normalized spacial score (nSPS) is 20.9. The number of carbonyl (C=O) groups excluding carboxylic acids is 1. The molecule has 88 valence electrons. The van der Waals surface area contributed by atoms with Crippen LogP contribution in [-0.2, 0) is 4.79 Å². The molecule has 1 unspecified atom stereocenters. The summed E-state index contributed by atoms with van der Waals surface area (Å²) in [5, 5.41) is 5.69. The lowest BCUT2D eigenvalue weighted by atomic mass is 9.98. The Morgan fingerprint density at radius 2 is 2.56 bits per heavy atom. The van der Waals surface area contributed by atoms with E-state index < -0.39 is 0 Å². The number of piperidine rings is 1. The molecule has 0 saturated carbocycles. The number of thiazole rings is 1.